The van der Waals surface area contributed by atoms with Crippen LogP contribution in [0.2, 0.25) is 0 Å². The summed E-state index contributed by atoms with van der Waals surface area (Å²) >= 11 is 1.20. The molecule has 0 bridgehead atoms. The van der Waals surface area contributed by atoms with Crippen molar-refractivity contribution in [3.8, 4) is 0 Å². The Bertz CT molecular complexity index is 428. The number of aromatic carboxylic acids is 1. The number of aromatic nitrogens is 1. The Morgan fingerprint density at radius 3 is 2.71 bits per heavy atom. The molecule has 0 saturated heterocycles. The molecule has 0 saturated carbocycles. The van der Waals surface area contributed by atoms with E-state index in [4.69, 9.17) is 10.8 Å². The number of hydrogen-bond acceptors (Lipinski definition) is 5. The van der Waals surface area contributed by atoms with Gasteiger partial charge in [-0.05, 0) is 13.8 Å². The number of carboxylic acid groups (broad SMARTS) is 1. The highest BCUT2D eigenvalue weighted by atomic mass is 32.1. The van der Waals surface area contributed by atoms with Gasteiger partial charge in [0.15, 0.2) is 5.69 Å². The second kappa shape index (κ2) is 5.24. The van der Waals surface area contributed by atoms with Crippen molar-refractivity contribution in [1.82, 2.24) is 10.3 Å². The fraction of sp³-hybridized carbons (Fsp3) is 0.500. The predicted molar refractivity (Wildman–Crippen MR) is 63.8 cm³/mol. The minimum Gasteiger partial charge on any atom is -0.476 e. The van der Waals surface area contributed by atoms with Crippen LogP contribution in [0.15, 0.2) is 5.38 Å². The highest BCUT2D eigenvalue weighted by molar-refractivity contribution is 7.09. The summed E-state index contributed by atoms with van der Waals surface area (Å²) in [4.78, 5) is 26.1. The number of hydrogen-bond donors (Lipinski definition) is 3. The van der Waals surface area contributed by atoms with Gasteiger partial charge in [-0.25, -0.2) is 9.78 Å². The lowest BCUT2D eigenvalue weighted by molar-refractivity contribution is -0.129. The van der Waals surface area contributed by atoms with Gasteiger partial charge in [-0.15, -0.1) is 11.3 Å². The Balaban J connectivity index is 2.56. The van der Waals surface area contributed by atoms with E-state index in [0.29, 0.717) is 5.01 Å². The van der Waals surface area contributed by atoms with Crippen molar-refractivity contribution >= 4 is 23.2 Å². The highest BCUT2D eigenvalue weighted by Gasteiger charge is 2.25. The summed E-state index contributed by atoms with van der Waals surface area (Å²) in [7, 11) is 0. The smallest absolute Gasteiger partial charge is 0.355 e. The minimum absolute atomic E-state index is 0.00247. The third kappa shape index (κ3) is 3.50. The summed E-state index contributed by atoms with van der Waals surface area (Å²) in [5, 5.41) is 13.4. The van der Waals surface area contributed by atoms with Gasteiger partial charge >= 0.3 is 5.97 Å². The van der Waals surface area contributed by atoms with Crippen LogP contribution in [0.3, 0.4) is 0 Å². The van der Waals surface area contributed by atoms with E-state index in [0.717, 1.165) is 0 Å². The van der Waals surface area contributed by atoms with Gasteiger partial charge in [0.25, 0.3) is 0 Å². The van der Waals surface area contributed by atoms with Crippen molar-refractivity contribution in [1.29, 1.82) is 0 Å². The monoisotopic (exact) mass is 257 g/mol. The second-order valence-electron chi connectivity index (χ2n) is 4.20. The molecular formula is C10H15N3O3S. The summed E-state index contributed by atoms with van der Waals surface area (Å²) in [6, 6.07) is 0. The van der Waals surface area contributed by atoms with Gasteiger partial charge in [0.2, 0.25) is 5.91 Å². The molecule has 0 aliphatic rings. The van der Waals surface area contributed by atoms with Crippen molar-refractivity contribution < 1.29 is 14.7 Å². The zero-order valence-corrected chi connectivity index (χ0v) is 10.5. The van der Waals surface area contributed by atoms with Gasteiger partial charge in [0.05, 0.1) is 12.0 Å². The van der Waals surface area contributed by atoms with Crippen LogP contribution in [0.1, 0.15) is 29.3 Å². The van der Waals surface area contributed by atoms with Crippen molar-refractivity contribution in [2.24, 2.45) is 11.1 Å². The first-order chi connectivity index (χ1) is 7.86. The number of carboxylic acids is 1. The lowest BCUT2D eigenvalue weighted by atomic mass is 9.93. The quantitative estimate of drug-likeness (QED) is 0.710. The Labute approximate surface area is 103 Å². The van der Waals surface area contributed by atoms with Crippen molar-refractivity contribution in [2.45, 2.75) is 20.4 Å². The molecule has 7 heteroatoms. The zero-order valence-electron chi connectivity index (χ0n) is 9.69. The maximum Gasteiger partial charge on any atom is 0.355 e. The van der Waals surface area contributed by atoms with Crippen LogP contribution in [0.25, 0.3) is 0 Å². The van der Waals surface area contributed by atoms with E-state index in [9.17, 15) is 9.59 Å². The second-order valence-corrected chi connectivity index (χ2v) is 5.14. The van der Waals surface area contributed by atoms with E-state index in [1.165, 1.54) is 16.7 Å². The Hall–Kier alpha value is -1.47. The summed E-state index contributed by atoms with van der Waals surface area (Å²) in [5.74, 6) is -1.24. The van der Waals surface area contributed by atoms with Crippen LogP contribution < -0.4 is 11.1 Å². The van der Waals surface area contributed by atoms with E-state index in [1.54, 1.807) is 13.8 Å². The molecule has 1 heterocycles. The molecule has 17 heavy (non-hydrogen) atoms. The van der Waals surface area contributed by atoms with E-state index in [-0.39, 0.29) is 24.7 Å². The molecule has 0 aliphatic carbocycles. The maximum absolute atomic E-state index is 11.7. The highest BCUT2D eigenvalue weighted by Crippen LogP contribution is 2.14. The number of carbonyl (C=O) groups excluding carboxylic acids is 1. The molecule has 1 amide bonds. The SMILES string of the molecule is CC(C)(CN)C(=O)NCc1nc(C(=O)O)cs1. The average molecular weight is 257 g/mol. The first-order valence-corrected chi connectivity index (χ1v) is 5.91. The van der Waals surface area contributed by atoms with Crippen molar-refractivity contribution in [2.75, 3.05) is 6.54 Å². The number of carbonyl (C=O) groups is 2. The molecule has 4 N–H and O–H groups in total. The fourth-order valence-electron chi connectivity index (χ4n) is 0.978. The van der Waals surface area contributed by atoms with E-state index >= 15 is 0 Å². The maximum atomic E-state index is 11.7. The predicted octanol–water partition coefficient (Wildman–Crippen LogP) is 0.442. The molecule has 0 aromatic carbocycles. The standard InChI is InChI=1S/C10H15N3O3S/c1-10(2,5-11)9(16)12-3-7-13-6(4-17-7)8(14)15/h4H,3,5,11H2,1-2H3,(H,12,16)(H,14,15). The van der Waals surface area contributed by atoms with E-state index in [1.807, 2.05) is 0 Å². The Kier molecular flexibility index (Phi) is 4.19. The van der Waals surface area contributed by atoms with Crippen LogP contribution in [-0.2, 0) is 11.3 Å². The third-order valence-electron chi connectivity index (χ3n) is 2.30. The molecular weight excluding hydrogens is 242 g/mol. The molecule has 0 atom stereocenters. The lowest BCUT2D eigenvalue weighted by Crippen LogP contribution is -2.41. The Morgan fingerprint density at radius 2 is 2.24 bits per heavy atom. The molecule has 0 aliphatic heterocycles. The number of amides is 1. The molecule has 1 aromatic heterocycles. The molecule has 1 aromatic rings. The largest absolute Gasteiger partial charge is 0.476 e. The summed E-state index contributed by atoms with van der Waals surface area (Å²) in [5.41, 5.74) is 4.83. The van der Waals surface area contributed by atoms with Crippen LogP contribution in [0.5, 0.6) is 0 Å². The van der Waals surface area contributed by atoms with Gasteiger partial charge in [-0.3, -0.25) is 4.79 Å². The van der Waals surface area contributed by atoms with Gasteiger partial charge < -0.3 is 16.2 Å². The van der Waals surface area contributed by atoms with Crippen LogP contribution >= 0.6 is 11.3 Å². The fourth-order valence-corrected chi connectivity index (χ4v) is 1.69. The van der Waals surface area contributed by atoms with E-state index in [2.05, 4.69) is 10.3 Å². The summed E-state index contributed by atoms with van der Waals surface area (Å²) < 4.78 is 0. The van der Waals surface area contributed by atoms with Crippen LogP contribution in [0.4, 0.5) is 0 Å². The van der Waals surface area contributed by atoms with Crippen LogP contribution in [-0.4, -0.2) is 28.5 Å². The summed E-state index contributed by atoms with van der Waals surface area (Å²) in [6.07, 6.45) is 0. The molecule has 0 radical (unpaired) electrons. The minimum atomic E-state index is -1.07. The molecule has 6 nitrogen and oxygen atoms in total. The normalized spacial score (nSPS) is 11.2. The van der Waals surface area contributed by atoms with Gasteiger partial charge in [-0.1, -0.05) is 0 Å². The van der Waals surface area contributed by atoms with Crippen molar-refractivity contribution in [3.05, 3.63) is 16.1 Å². The molecule has 94 valence electrons. The average Bonchev–Trinajstić information content (AvgIpc) is 2.74. The van der Waals surface area contributed by atoms with Gasteiger partial charge in [-0.2, -0.15) is 0 Å². The van der Waals surface area contributed by atoms with Crippen molar-refractivity contribution in [3.63, 3.8) is 0 Å². The third-order valence-corrected chi connectivity index (χ3v) is 3.14. The van der Waals surface area contributed by atoms with Crippen LogP contribution in [0, 0.1) is 5.41 Å². The first kappa shape index (κ1) is 13.6. The number of nitrogens with one attached hydrogen (secondary N) is 1. The topological polar surface area (TPSA) is 105 Å². The molecule has 1 rings (SSSR count). The number of nitrogens with two attached hydrogens (primary N) is 1. The number of nitrogens with zero attached hydrogens (tertiary/aromatic N) is 1. The lowest BCUT2D eigenvalue weighted by Gasteiger charge is -2.20. The molecule has 0 unspecified atom stereocenters. The molecule has 0 spiro atoms. The summed E-state index contributed by atoms with van der Waals surface area (Å²) in [6.45, 7) is 3.96. The van der Waals surface area contributed by atoms with E-state index < -0.39 is 11.4 Å². The number of thiazole rings is 1. The first-order valence-electron chi connectivity index (χ1n) is 5.03. The molecule has 0 fully saturated rings. The van der Waals surface area contributed by atoms with Gasteiger partial charge in [0, 0.05) is 11.9 Å². The zero-order chi connectivity index (χ0) is 13.1. The number of rotatable bonds is 5. The van der Waals surface area contributed by atoms with Gasteiger partial charge in [0.1, 0.15) is 5.01 Å². The Morgan fingerprint density at radius 1 is 1.59 bits per heavy atom.